The summed E-state index contributed by atoms with van der Waals surface area (Å²) in [6, 6.07) is 0.307. The summed E-state index contributed by atoms with van der Waals surface area (Å²) < 4.78 is 0. The SMILES string of the molecule is CC1CCN(C(=O)C2CCC2)C(CN)C1.Cl. The Labute approximate surface area is 104 Å². The minimum atomic E-state index is 0. The number of hydrogen-bond donors (Lipinski definition) is 1. The fraction of sp³-hybridized carbons (Fsp3) is 0.917. The van der Waals surface area contributed by atoms with E-state index in [1.54, 1.807) is 0 Å². The Morgan fingerprint density at radius 1 is 1.38 bits per heavy atom. The quantitative estimate of drug-likeness (QED) is 0.808. The number of piperidine rings is 1. The molecular formula is C12H23ClN2O. The first-order valence-electron chi connectivity index (χ1n) is 6.23. The normalized spacial score (nSPS) is 30.5. The van der Waals surface area contributed by atoms with Crippen molar-refractivity contribution in [3.8, 4) is 0 Å². The molecule has 2 unspecified atom stereocenters. The van der Waals surface area contributed by atoms with Crippen LogP contribution in [0.3, 0.4) is 0 Å². The fourth-order valence-electron chi connectivity index (χ4n) is 2.65. The average Bonchev–Trinajstić information content (AvgIpc) is 2.14. The molecule has 0 bridgehead atoms. The Morgan fingerprint density at radius 3 is 2.56 bits per heavy atom. The zero-order valence-electron chi connectivity index (χ0n) is 10.0. The molecule has 2 aliphatic rings. The van der Waals surface area contributed by atoms with Crippen LogP contribution in [0.25, 0.3) is 0 Å². The molecule has 0 aromatic heterocycles. The second-order valence-electron chi connectivity index (χ2n) is 5.18. The minimum absolute atomic E-state index is 0. The Balaban J connectivity index is 0.00000128. The predicted octanol–water partition coefficient (Wildman–Crippen LogP) is 1.79. The van der Waals surface area contributed by atoms with Gasteiger partial charge in [0.15, 0.2) is 0 Å². The lowest BCUT2D eigenvalue weighted by Gasteiger charge is -2.41. The van der Waals surface area contributed by atoms with Crippen LogP contribution in [0.2, 0.25) is 0 Å². The molecular weight excluding hydrogens is 224 g/mol. The lowest BCUT2D eigenvalue weighted by Crippen LogP contribution is -2.52. The molecule has 1 saturated heterocycles. The molecule has 2 fully saturated rings. The monoisotopic (exact) mass is 246 g/mol. The van der Waals surface area contributed by atoms with Crippen LogP contribution in [0.5, 0.6) is 0 Å². The highest BCUT2D eigenvalue weighted by Gasteiger charge is 2.35. The van der Waals surface area contributed by atoms with E-state index >= 15 is 0 Å². The van der Waals surface area contributed by atoms with Crippen LogP contribution >= 0.6 is 12.4 Å². The van der Waals surface area contributed by atoms with E-state index in [2.05, 4.69) is 11.8 Å². The summed E-state index contributed by atoms with van der Waals surface area (Å²) in [5, 5.41) is 0. The maximum atomic E-state index is 12.1. The number of carbonyl (C=O) groups is 1. The molecule has 2 N–H and O–H groups in total. The van der Waals surface area contributed by atoms with E-state index in [1.807, 2.05) is 0 Å². The van der Waals surface area contributed by atoms with Crippen molar-refractivity contribution in [3.63, 3.8) is 0 Å². The van der Waals surface area contributed by atoms with Gasteiger partial charge in [-0.05, 0) is 31.6 Å². The Kier molecular flexibility index (Phi) is 5.06. The van der Waals surface area contributed by atoms with Crippen LogP contribution in [-0.4, -0.2) is 29.9 Å². The smallest absolute Gasteiger partial charge is 0.225 e. The third-order valence-corrected chi connectivity index (χ3v) is 3.99. The number of nitrogens with zero attached hydrogens (tertiary/aromatic N) is 1. The summed E-state index contributed by atoms with van der Waals surface area (Å²) in [6.07, 6.45) is 5.67. The Morgan fingerprint density at radius 2 is 2.06 bits per heavy atom. The number of hydrogen-bond acceptors (Lipinski definition) is 2. The fourth-order valence-corrected chi connectivity index (χ4v) is 2.65. The number of halogens is 1. The van der Waals surface area contributed by atoms with Gasteiger partial charge in [0, 0.05) is 25.0 Å². The van der Waals surface area contributed by atoms with Crippen LogP contribution in [0.15, 0.2) is 0 Å². The zero-order chi connectivity index (χ0) is 10.8. The van der Waals surface area contributed by atoms with E-state index in [1.165, 1.54) is 6.42 Å². The van der Waals surface area contributed by atoms with E-state index < -0.39 is 0 Å². The van der Waals surface area contributed by atoms with Gasteiger partial charge >= 0.3 is 0 Å². The summed E-state index contributed by atoms with van der Waals surface area (Å²) >= 11 is 0. The van der Waals surface area contributed by atoms with Gasteiger partial charge in [0.2, 0.25) is 5.91 Å². The first-order chi connectivity index (χ1) is 7.22. The molecule has 1 amide bonds. The van der Waals surface area contributed by atoms with Crippen molar-refractivity contribution in [1.82, 2.24) is 4.90 Å². The van der Waals surface area contributed by atoms with Gasteiger partial charge in [-0.3, -0.25) is 4.79 Å². The van der Waals surface area contributed by atoms with Crippen molar-refractivity contribution in [2.45, 2.75) is 45.1 Å². The topological polar surface area (TPSA) is 46.3 Å². The molecule has 2 rings (SSSR count). The largest absolute Gasteiger partial charge is 0.338 e. The molecule has 94 valence electrons. The number of rotatable bonds is 2. The molecule has 4 heteroatoms. The molecule has 1 aliphatic heterocycles. The molecule has 0 spiro atoms. The maximum absolute atomic E-state index is 12.1. The first-order valence-corrected chi connectivity index (χ1v) is 6.23. The van der Waals surface area contributed by atoms with E-state index in [4.69, 9.17) is 5.73 Å². The molecule has 1 heterocycles. The molecule has 1 aliphatic carbocycles. The molecule has 0 aromatic carbocycles. The van der Waals surface area contributed by atoms with E-state index in [0.29, 0.717) is 24.4 Å². The lowest BCUT2D eigenvalue weighted by molar-refractivity contribution is -0.142. The maximum Gasteiger partial charge on any atom is 0.225 e. The summed E-state index contributed by atoms with van der Waals surface area (Å²) in [5.74, 6) is 1.43. The van der Waals surface area contributed by atoms with Gasteiger partial charge in [-0.2, -0.15) is 0 Å². The van der Waals surface area contributed by atoms with Crippen molar-refractivity contribution < 1.29 is 4.79 Å². The van der Waals surface area contributed by atoms with Crippen molar-refractivity contribution in [2.75, 3.05) is 13.1 Å². The molecule has 1 saturated carbocycles. The third kappa shape index (κ3) is 2.69. The number of amides is 1. The van der Waals surface area contributed by atoms with Gasteiger partial charge in [-0.1, -0.05) is 13.3 Å². The average molecular weight is 247 g/mol. The number of likely N-dealkylation sites (tertiary alicyclic amines) is 1. The predicted molar refractivity (Wildman–Crippen MR) is 67.5 cm³/mol. The highest BCUT2D eigenvalue weighted by atomic mass is 35.5. The van der Waals surface area contributed by atoms with Crippen LogP contribution < -0.4 is 5.73 Å². The molecule has 0 aromatic rings. The summed E-state index contributed by atoms with van der Waals surface area (Å²) in [5.41, 5.74) is 5.76. The molecule has 16 heavy (non-hydrogen) atoms. The van der Waals surface area contributed by atoms with Gasteiger partial charge in [0.05, 0.1) is 0 Å². The Bertz CT molecular complexity index is 243. The molecule has 0 radical (unpaired) electrons. The highest BCUT2D eigenvalue weighted by Crippen LogP contribution is 2.31. The van der Waals surface area contributed by atoms with Crippen LogP contribution in [-0.2, 0) is 4.79 Å². The van der Waals surface area contributed by atoms with Gasteiger partial charge in [0.25, 0.3) is 0 Å². The third-order valence-electron chi connectivity index (χ3n) is 3.99. The number of nitrogens with two attached hydrogens (primary N) is 1. The van der Waals surface area contributed by atoms with Crippen molar-refractivity contribution in [3.05, 3.63) is 0 Å². The first kappa shape index (κ1) is 13.8. The second kappa shape index (κ2) is 5.87. The van der Waals surface area contributed by atoms with E-state index in [0.717, 1.165) is 38.1 Å². The minimum Gasteiger partial charge on any atom is -0.338 e. The van der Waals surface area contributed by atoms with Crippen LogP contribution in [0, 0.1) is 11.8 Å². The lowest BCUT2D eigenvalue weighted by atomic mass is 9.82. The molecule has 3 nitrogen and oxygen atoms in total. The van der Waals surface area contributed by atoms with Crippen molar-refractivity contribution in [1.29, 1.82) is 0 Å². The van der Waals surface area contributed by atoms with E-state index in [-0.39, 0.29) is 12.4 Å². The second-order valence-corrected chi connectivity index (χ2v) is 5.18. The summed E-state index contributed by atoms with van der Waals surface area (Å²) in [7, 11) is 0. The highest BCUT2D eigenvalue weighted by molar-refractivity contribution is 5.85. The standard InChI is InChI=1S/C12H22N2O.ClH/c1-9-5-6-14(11(7-9)8-13)12(15)10-3-2-4-10;/h9-11H,2-8,13H2,1H3;1H. The zero-order valence-corrected chi connectivity index (χ0v) is 10.8. The van der Waals surface area contributed by atoms with Gasteiger partial charge in [-0.15, -0.1) is 12.4 Å². The summed E-state index contributed by atoms with van der Waals surface area (Å²) in [6.45, 7) is 3.81. The van der Waals surface area contributed by atoms with Gasteiger partial charge in [-0.25, -0.2) is 0 Å². The molecule has 2 atom stereocenters. The van der Waals surface area contributed by atoms with E-state index in [9.17, 15) is 4.79 Å². The van der Waals surface area contributed by atoms with Crippen LogP contribution in [0.4, 0.5) is 0 Å². The van der Waals surface area contributed by atoms with Crippen molar-refractivity contribution >= 4 is 18.3 Å². The van der Waals surface area contributed by atoms with Crippen molar-refractivity contribution in [2.24, 2.45) is 17.6 Å². The van der Waals surface area contributed by atoms with Gasteiger partial charge < -0.3 is 10.6 Å². The van der Waals surface area contributed by atoms with Crippen LogP contribution in [0.1, 0.15) is 39.0 Å². The number of carbonyl (C=O) groups excluding carboxylic acids is 1. The summed E-state index contributed by atoms with van der Waals surface area (Å²) in [4.78, 5) is 14.2. The Hall–Kier alpha value is -0.280. The van der Waals surface area contributed by atoms with Gasteiger partial charge in [0.1, 0.15) is 0 Å².